The number of carbonyl (C=O) groups excluding carboxylic acids is 1. The summed E-state index contributed by atoms with van der Waals surface area (Å²) < 4.78 is 5.37. The lowest BCUT2D eigenvalue weighted by Gasteiger charge is -2.18. The minimum Gasteiger partial charge on any atom is -0.389 e. The molecule has 0 aromatic heterocycles. The number of nitrogens with one attached hydrogen (secondary N) is 1. The van der Waals surface area contributed by atoms with Crippen LogP contribution < -0.4 is 11.1 Å². The average molecular weight is 293 g/mol. The van der Waals surface area contributed by atoms with Gasteiger partial charge in [0.2, 0.25) is 5.91 Å². The summed E-state index contributed by atoms with van der Waals surface area (Å²) >= 11 is 4.92. The molecule has 1 heterocycles. The molecule has 0 saturated carbocycles. The zero-order valence-electron chi connectivity index (χ0n) is 11.3. The van der Waals surface area contributed by atoms with Crippen molar-refractivity contribution in [2.24, 2.45) is 5.73 Å². The summed E-state index contributed by atoms with van der Waals surface area (Å²) in [6.07, 6.45) is 0.963. The lowest BCUT2D eigenvalue weighted by molar-refractivity contribution is -0.117. The van der Waals surface area contributed by atoms with Crippen molar-refractivity contribution in [1.82, 2.24) is 4.90 Å². The number of hydrogen-bond acceptors (Lipinski definition) is 4. The van der Waals surface area contributed by atoms with Crippen molar-refractivity contribution in [3.63, 3.8) is 0 Å². The summed E-state index contributed by atoms with van der Waals surface area (Å²) in [5.41, 5.74) is 7.04. The third-order valence-electron chi connectivity index (χ3n) is 3.11. The number of benzene rings is 1. The van der Waals surface area contributed by atoms with E-state index >= 15 is 0 Å². The first-order valence-electron chi connectivity index (χ1n) is 6.65. The standard InChI is InChI=1S/C14H19N3O2S/c15-14(20)11-3-1-4-12(9-11)16-13(18)10-17-5-2-7-19-8-6-17/h1,3-4,9H,2,5-8,10H2,(H2,15,20)(H,16,18). The minimum atomic E-state index is -0.0352. The average Bonchev–Trinajstić information content (AvgIpc) is 2.67. The van der Waals surface area contributed by atoms with Crippen LogP contribution in [0.5, 0.6) is 0 Å². The first-order valence-corrected chi connectivity index (χ1v) is 7.06. The van der Waals surface area contributed by atoms with E-state index in [0.29, 0.717) is 23.8 Å². The first kappa shape index (κ1) is 14.9. The summed E-state index contributed by atoms with van der Waals surface area (Å²) in [4.78, 5) is 14.4. The SMILES string of the molecule is NC(=S)c1cccc(NC(=O)CN2CCCOCC2)c1. The summed E-state index contributed by atoms with van der Waals surface area (Å²) in [7, 11) is 0. The molecule has 0 radical (unpaired) electrons. The molecule has 1 aliphatic heterocycles. The van der Waals surface area contributed by atoms with Gasteiger partial charge in [-0.25, -0.2) is 0 Å². The van der Waals surface area contributed by atoms with Gasteiger partial charge in [-0.2, -0.15) is 0 Å². The fraction of sp³-hybridized carbons (Fsp3) is 0.429. The van der Waals surface area contributed by atoms with Crippen molar-refractivity contribution < 1.29 is 9.53 Å². The van der Waals surface area contributed by atoms with E-state index in [1.54, 1.807) is 6.07 Å². The molecule has 1 fully saturated rings. The summed E-state index contributed by atoms with van der Waals surface area (Å²) in [5.74, 6) is -0.0352. The molecule has 1 aliphatic rings. The van der Waals surface area contributed by atoms with Crippen molar-refractivity contribution in [2.45, 2.75) is 6.42 Å². The molecule has 1 aromatic rings. The number of anilines is 1. The van der Waals surface area contributed by atoms with Crippen LogP contribution in [-0.4, -0.2) is 48.6 Å². The van der Waals surface area contributed by atoms with Gasteiger partial charge in [-0.15, -0.1) is 0 Å². The van der Waals surface area contributed by atoms with Crippen LogP contribution in [0.15, 0.2) is 24.3 Å². The molecule has 5 nitrogen and oxygen atoms in total. The molecule has 3 N–H and O–H groups in total. The van der Waals surface area contributed by atoms with Gasteiger partial charge < -0.3 is 15.8 Å². The van der Waals surface area contributed by atoms with Crippen LogP contribution in [0.4, 0.5) is 5.69 Å². The molecule has 108 valence electrons. The first-order chi connectivity index (χ1) is 9.65. The predicted octanol–water partition coefficient (Wildman–Crippen LogP) is 0.982. The van der Waals surface area contributed by atoms with Crippen LogP contribution >= 0.6 is 12.2 Å². The van der Waals surface area contributed by atoms with Crippen LogP contribution in [0.1, 0.15) is 12.0 Å². The van der Waals surface area contributed by atoms with E-state index in [2.05, 4.69) is 10.2 Å². The number of nitrogens with zero attached hydrogens (tertiary/aromatic N) is 1. The van der Waals surface area contributed by atoms with Crippen LogP contribution in [0.25, 0.3) is 0 Å². The molecule has 0 atom stereocenters. The molecule has 0 unspecified atom stereocenters. The molecular weight excluding hydrogens is 274 g/mol. The van der Waals surface area contributed by atoms with Gasteiger partial charge in [-0.3, -0.25) is 9.69 Å². The van der Waals surface area contributed by atoms with Crippen LogP contribution in [0, 0.1) is 0 Å². The van der Waals surface area contributed by atoms with E-state index in [1.807, 2.05) is 18.2 Å². The number of amides is 1. The maximum atomic E-state index is 12.0. The topological polar surface area (TPSA) is 67.6 Å². The van der Waals surface area contributed by atoms with Gasteiger partial charge in [-0.1, -0.05) is 24.4 Å². The van der Waals surface area contributed by atoms with Gasteiger partial charge in [0.05, 0.1) is 13.2 Å². The van der Waals surface area contributed by atoms with E-state index in [4.69, 9.17) is 22.7 Å². The Hall–Kier alpha value is -1.50. The van der Waals surface area contributed by atoms with E-state index in [1.165, 1.54) is 0 Å². The van der Waals surface area contributed by atoms with Gasteiger partial charge in [-0.05, 0) is 18.6 Å². The lowest BCUT2D eigenvalue weighted by Crippen LogP contribution is -2.35. The maximum Gasteiger partial charge on any atom is 0.238 e. The largest absolute Gasteiger partial charge is 0.389 e. The molecule has 0 bridgehead atoms. The Balaban J connectivity index is 1.90. The fourth-order valence-corrected chi connectivity index (χ4v) is 2.24. The molecule has 0 spiro atoms. The van der Waals surface area contributed by atoms with Gasteiger partial charge in [0, 0.05) is 30.9 Å². The molecule has 0 aliphatic carbocycles. The van der Waals surface area contributed by atoms with E-state index in [9.17, 15) is 4.79 Å². The van der Waals surface area contributed by atoms with E-state index in [-0.39, 0.29) is 5.91 Å². The Kier molecular flexibility index (Phi) is 5.46. The second-order valence-corrected chi connectivity index (χ2v) is 5.18. The number of carbonyl (C=O) groups is 1. The number of nitrogens with two attached hydrogens (primary N) is 1. The molecule has 2 rings (SSSR count). The molecule has 1 saturated heterocycles. The smallest absolute Gasteiger partial charge is 0.238 e. The Bertz CT molecular complexity index is 485. The Labute approximate surface area is 124 Å². The normalized spacial score (nSPS) is 16.4. The van der Waals surface area contributed by atoms with Crippen molar-refractivity contribution >= 4 is 28.8 Å². The van der Waals surface area contributed by atoms with Gasteiger partial charge >= 0.3 is 0 Å². The monoisotopic (exact) mass is 293 g/mol. The minimum absolute atomic E-state index is 0.0352. The zero-order chi connectivity index (χ0) is 14.4. The fourth-order valence-electron chi connectivity index (χ4n) is 2.11. The maximum absolute atomic E-state index is 12.0. The third-order valence-corrected chi connectivity index (χ3v) is 3.35. The van der Waals surface area contributed by atoms with Gasteiger partial charge in [0.1, 0.15) is 4.99 Å². The highest BCUT2D eigenvalue weighted by Crippen LogP contribution is 2.11. The quantitative estimate of drug-likeness (QED) is 0.810. The number of thiocarbonyl (C=S) groups is 1. The third kappa shape index (κ3) is 4.56. The molecule has 1 aromatic carbocycles. The highest BCUT2D eigenvalue weighted by Gasteiger charge is 2.13. The highest BCUT2D eigenvalue weighted by molar-refractivity contribution is 7.80. The highest BCUT2D eigenvalue weighted by atomic mass is 32.1. The van der Waals surface area contributed by atoms with Gasteiger partial charge in [0.15, 0.2) is 0 Å². The van der Waals surface area contributed by atoms with Crippen molar-refractivity contribution in [3.05, 3.63) is 29.8 Å². The number of hydrogen-bond donors (Lipinski definition) is 2. The molecule has 1 amide bonds. The summed E-state index contributed by atoms with van der Waals surface area (Å²) in [6, 6.07) is 7.25. The van der Waals surface area contributed by atoms with Crippen LogP contribution in [-0.2, 0) is 9.53 Å². The Morgan fingerprint density at radius 1 is 1.40 bits per heavy atom. The van der Waals surface area contributed by atoms with Crippen molar-refractivity contribution in [2.75, 3.05) is 38.2 Å². The molecule has 6 heteroatoms. The second kappa shape index (κ2) is 7.33. The zero-order valence-corrected chi connectivity index (χ0v) is 12.1. The lowest BCUT2D eigenvalue weighted by atomic mass is 10.2. The molecule has 20 heavy (non-hydrogen) atoms. The Morgan fingerprint density at radius 3 is 3.05 bits per heavy atom. The van der Waals surface area contributed by atoms with Gasteiger partial charge in [0.25, 0.3) is 0 Å². The number of ether oxygens (including phenoxy) is 1. The Morgan fingerprint density at radius 2 is 2.25 bits per heavy atom. The predicted molar refractivity (Wildman–Crippen MR) is 82.8 cm³/mol. The number of rotatable bonds is 4. The van der Waals surface area contributed by atoms with Crippen molar-refractivity contribution in [3.8, 4) is 0 Å². The van der Waals surface area contributed by atoms with E-state index < -0.39 is 0 Å². The second-order valence-electron chi connectivity index (χ2n) is 4.74. The van der Waals surface area contributed by atoms with E-state index in [0.717, 1.165) is 31.7 Å². The molecular formula is C14H19N3O2S. The van der Waals surface area contributed by atoms with Crippen LogP contribution in [0.2, 0.25) is 0 Å². The van der Waals surface area contributed by atoms with Crippen molar-refractivity contribution in [1.29, 1.82) is 0 Å². The summed E-state index contributed by atoms with van der Waals surface area (Å²) in [6.45, 7) is 3.51. The van der Waals surface area contributed by atoms with Crippen LogP contribution in [0.3, 0.4) is 0 Å². The summed E-state index contributed by atoms with van der Waals surface area (Å²) in [5, 5.41) is 2.87.